The first-order chi connectivity index (χ1) is 9.72. The van der Waals surface area contributed by atoms with E-state index in [9.17, 15) is 9.59 Å². The summed E-state index contributed by atoms with van der Waals surface area (Å²) in [4.78, 5) is 29.3. The first-order valence-corrected chi connectivity index (χ1v) is 6.19. The molecule has 1 atom stereocenters. The number of H-pyrrole nitrogens is 1. The summed E-state index contributed by atoms with van der Waals surface area (Å²) in [6, 6.07) is 3.57. The van der Waals surface area contributed by atoms with Crippen molar-refractivity contribution in [2.24, 2.45) is 5.92 Å². The highest BCUT2D eigenvalue weighted by molar-refractivity contribution is 5.96. The Bertz CT molecular complexity index is 593. The Morgan fingerprint density at radius 1 is 1.60 bits per heavy atom. The maximum Gasteiger partial charge on any atom is 0.232 e. The second-order valence-electron chi connectivity index (χ2n) is 4.58. The number of rotatable bonds is 4. The molecule has 2 aromatic heterocycles. The van der Waals surface area contributed by atoms with Gasteiger partial charge in [-0.1, -0.05) is 0 Å². The summed E-state index contributed by atoms with van der Waals surface area (Å²) in [6.07, 6.45) is 3.06. The molecule has 0 saturated carbocycles. The third kappa shape index (κ3) is 2.53. The van der Waals surface area contributed by atoms with Crippen LogP contribution in [0.4, 0.5) is 5.95 Å². The minimum atomic E-state index is -0.387. The number of aromatic amines is 1. The van der Waals surface area contributed by atoms with Gasteiger partial charge in [-0.25, -0.2) is 5.10 Å². The maximum atomic E-state index is 12.0. The zero-order valence-electron chi connectivity index (χ0n) is 10.6. The van der Waals surface area contributed by atoms with Crippen LogP contribution >= 0.6 is 0 Å². The van der Waals surface area contributed by atoms with Gasteiger partial charge in [0, 0.05) is 13.0 Å². The molecule has 3 rings (SSSR count). The van der Waals surface area contributed by atoms with E-state index in [0.717, 1.165) is 0 Å². The van der Waals surface area contributed by atoms with Crippen molar-refractivity contribution in [2.45, 2.75) is 13.0 Å². The summed E-state index contributed by atoms with van der Waals surface area (Å²) in [5.74, 6) is 0.306. The number of likely N-dealkylation sites (tertiary alicyclic amines) is 1. The van der Waals surface area contributed by atoms with E-state index in [2.05, 4.69) is 20.5 Å². The van der Waals surface area contributed by atoms with Crippen molar-refractivity contribution in [1.82, 2.24) is 20.1 Å². The molecule has 2 N–H and O–H groups in total. The molecular weight excluding hydrogens is 262 g/mol. The second kappa shape index (κ2) is 5.16. The molecule has 0 radical (unpaired) electrons. The minimum absolute atomic E-state index is 0.0564. The number of nitrogens with one attached hydrogen (secondary N) is 2. The summed E-state index contributed by atoms with van der Waals surface area (Å²) in [5.41, 5.74) is 0. The second-order valence-corrected chi connectivity index (χ2v) is 4.58. The fourth-order valence-corrected chi connectivity index (χ4v) is 2.18. The standard InChI is InChI=1S/C12H13N5O3/c18-10-4-8(11(19)15-12-13-7-14-16-12)5-17(10)6-9-2-1-3-20-9/h1-3,7-8H,4-6H2,(H2,13,14,15,16,19)/t8-/m0/s1. The molecule has 3 heterocycles. The van der Waals surface area contributed by atoms with Crippen molar-refractivity contribution in [3.63, 3.8) is 0 Å². The number of amides is 2. The summed E-state index contributed by atoms with van der Waals surface area (Å²) in [6.45, 7) is 0.761. The predicted octanol–water partition coefficient (Wildman–Crippen LogP) is 0.385. The molecule has 0 spiro atoms. The number of hydrogen-bond acceptors (Lipinski definition) is 5. The van der Waals surface area contributed by atoms with Crippen LogP contribution in [0.3, 0.4) is 0 Å². The number of anilines is 1. The quantitative estimate of drug-likeness (QED) is 0.839. The van der Waals surface area contributed by atoms with Gasteiger partial charge in [0.15, 0.2) is 0 Å². The lowest BCUT2D eigenvalue weighted by atomic mass is 10.1. The number of aromatic nitrogens is 3. The number of carbonyl (C=O) groups is 2. The van der Waals surface area contributed by atoms with E-state index < -0.39 is 0 Å². The van der Waals surface area contributed by atoms with E-state index in [1.807, 2.05) is 0 Å². The maximum absolute atomic E-state index is 12.0. The smallest absolute Gasteiger partial charge is 0.232 e. The Labute approximate surface area is 114 Å². The van der Waals surface area contributed by atoms with Crippen LogP contribution in [0, 0.1) is 5.92 Å². The SMILES string of the molecule is O=C(Nc1ncn[nH]1)[C@H]1CC(=O)N(Cc2ccco2)C1. The molecule has 1 aliphatic heterocycles. The molecule has 8 nitrogen and oxygen atoms in total. The van der Waals surface area contributed by atoms with Crippen molar-refractivity contribution >= 4 is 17.8 Å². The topological polar surface area (TPSA) is 104 Å². The van der Waals surface area contributed by atoms with E-state index in [4.69, 9.17) is 4.42 Å². The minimum Gasteiger partial charge on any atom is -0.467 e. The zero-order chi connectivity index (χ0) is 13.9. The van der Waals surface area contributed by atoms with Gasteiger partial charge < -0.3 is 9.32 Å². The van der Waals surface area contributed by atoms with Gasteiger partial charge in [-0.2, -0.15) is 10.1 Å². The molecule has 1 aliphatic rings. The Morgan fingerprint density at radius 2 is 2.50 bits per heavy atom. The highest BCUT2D eigenvalue weighted by Crippen LogP contribution is 2.21. The summed E-state index contributed by atoms with van der Waals surface area (Å²) < 4.78 is 5.21. The molecule has 2 aromatic rings. The van der Waals surface area contributed by atoms with E-state index in [-0.39, 0.29) is 30.1 Å². The highest BCUT2D eigenvalue weighted by Gasteiger charge is 2.34. The van der Waals surface area contributed by atoms with Gasteiger partial charge in [-0.3, -0.25) is 14.9 Å². The van der Waals surface area contributed by atoms with E-state index in [1.165, 1.54) is 6.33 Å². The Morgan fingerprint density at radius 3 is 3.20 bits per heavy atom. The molecule has 2 amide bonds. The van der Waals surface area contributed by atoms with Crippen LogP contribution in [0.2, 0.25) is 0 Å². The number of nitrogens with zero attached hydrogens (tertiary/aromatic N) is 3. The molecule has 1 fully saturated rings. The van der Waals surface area contributed by atoms with Crippen molar-refractivity contribution in [3.8, 4) is 0 Å². The van der Waals surface area contributed by atoms with Crippen molar-refractivity contribution in [1.29, 1.82) is 0 Å². The van der Waals surface area contributed by atoms with Crippen LogP contribution in [0.25, 0.3) is 0 Å². The molecule has 0 unspecified atom stereocenters. The summed E-state index contributed by atoms with van der Waals surface area (Å²) in [7, 11) is 0. The fraction of sp³-hybridized carbons (Fsp3) is 0.333. The molecule has 8 heteroatoms. The molecule has 1 saturated heterocycles. The van der Waals surface area contributed by atoms with Crippen LogP contribution in [0.5, 0.6) is 0 Å². The van der Waals surface area contributed by atoms with Crippen molar-refractivity contribution < 1.29 is 14.0 Å². The highest BCUT2D eigenvalue weighted by atomic mass is 16.3. The van der Waals surface area contributed by atoms with Crippen molar-refractivity contribution in [3.05, 3.63) is 30.5 Å². The summed E-state index contributed by atoms with van der Waals surface area (Å²) in [5, 5.41) is 8.78. The normalized spacial score (nSPS) is 18.5. The fourth-order valence-electron chi connectivity index (χ4n) is 2.18. The van der Waals surface area contributed by atoms with E-state index >= 15 is 0 Å². The molecule has 104 valence electrons. The Kier molecular flexibility index (Phi) is 3.20. The van der Waals surface area contributed by atoms with E-state index in [0.29, 0.717) is 18.8 Å². The van der Waals surface area contributed by atoms with Crippen LogP contribution in [0.1, 0.15) is 12.2 Å². The Hall–Kier alpha value is -2.64. The number of furan rings is 1. The van der Waals surface area contributed by atoms with Gasteiger partial charge in [0.25, 0.3) is 0 Å². The molecular formula is C12H13N5O3. The molecule has 20 heavy (non-hydrogen) atoms. The largest absolute Gasteiger partial charge is 0.467 e. The lowest BCUT2D eigenvalue weighted by molar-refractivity contribution is -0.128. The van der Waals surface area contributed by atoms with Crippen LogP contribution in [-0.2, 0) is 16.1 Å². The predicted molar refractivity (Wildman–Crippen MR) is 67.2 cm³/mol. The lowest BCUT2D eigenvalue weighted by Gasteiger charge is -2.14. The van der Waals surface area contributed by atoms with Gasteiger partial charge in [0.2, 0.25) is 17.8 Å². The summed E-state index contributed by atoms with van der Waals surface area (Å²) >= 11 is 0. The van der Waals surface area contributed by atoms with Crippen LogP contribution < -0.4 is 5.32 Å². The molecule has 0 bridgehead atoms. The zero-order valence-corrected chi connectivity index (χ0v) is 10.6. The van der Waals surface area contributed by atoms with Crippen molar-refractivity contribution in [2.75, 3.05) is 11.9 Å². The Balaban J connectivity index is 1.60. The van der Waals surface area contributed by atoms with Gasteiger partial charge >= 0.3 is 0 Å². The monoisotopic (exact) mass is 275 g/mol. The number of hydrogen-bond donors (Lipinski definition) is 2. The average Bonchev–Trinajstić information content (AvgIpc) is 3.13. The first-order valence-electron chi connectivity index (χ1n) is 6.19. The van der Waals surface area contributed by atoms with Gasteiger partial charge in [0.05, 0.1) is 18.7 Å². The third-order valence-electron chi connectivity index (χ3n) is 3.17. The van der Waals surface area contributed by atoms with Gasteiger partial charge in [0.1, 0.15) is 12.1 Å². The molecule has 0 aromatic carbocycles. The first kappa shape index (κ1) is 12.4. The van der Waals surface area contributed by atoms with Gasteiger partial charge in [-0.05, 0) is 12.1 Å². The van der Waals surface area contributed by atoms with Crippen LogP contribution in [-0.4, -0.2) is 38.4 Å². The lowest BCUT2D eigenvalue weighted by Crippen LogP contribution is -2.28. The van der Waals surface area contributed by atoms with Gasteiger partial charge in [-0.15, -0.1) is 0 Å². The van der Waals surface area contributed by atoms with E-state index in [1.54, 1.807) is 23.3 Å². The third-order valence-corrected chi connectivity index (χ3v) is 3.17. The number of carbonyl (C=O) groups excluding carboxylic acids is 2. The molecule has 0 aliphatic carbocycles. The van der Waals surface area contributed by atoms with Crippen LogP contribution in [0.15, 0.2) is 29.1 Å². The average molecular weight is 275 g/mol.